The van der Waals surface area contributed by atoms with Crippen LogP contribution in [0.15, 0.2) is 83.8 Å². The second-order valence-electron chi connectivity index (χ2n) is 9.38. The van der Waals surface area contributed by atoms with E-state index >= 15 is 0 Å². The van der Waals surface area contributed by atoms with Gasteiger partial charge in [-0.2, -0.15) is 0 Å². The Bertz CT molecular complexity index is 1270. The lowest BCUT2D eigenvalue weighted by Crippen LogP contribution is -2.41. The van der Waals surface area contributed by atoms with Crippen LogP contribution in [0, 0.1) is 5.92 Å². The minimum absolute atomic E-state index is 0.0687. The van der Waals surface area contributed by atoms with Gasteiger partial charge in [0.2, 0.25) is 5.91 Å². The van der Waals surface area contributed by atoms with Crippen molar-refractivity contribution in [2.75, 3.05) is 28.8 Å². The molecule has 1 saturated heterocycles. The zero-order valence-corrected chi connectivity index (χ0v) is 22.2. The molecule has 0 radical (unpaired) electrons. The second-order valence-corrected chi connectivity index (χ2v) is 11.7. The molecule has 2 atom stereocenters. The number of hydrogen-bond acceptors (Lipinski definition) is 4. The quantitative estimate of drug-likeness (QED) is 0.412. The van der Waals surface area contributed by atoms with Crippen LogP contribution in [-0.2, 0) is 14.8 Å². The number of hydrogen-bond donors (Lipinski definition) is 1. The number of halogens is 1. The maximum Gasteiger partial charge on any atom is 0.264 e. The molecular weight excluding hydrogens is 494 g/mol. The highest BCUT2D eigenvalue weighted by molar-refractivity contribution is 7.92. The van der Waals surface area contributed by atoms with Crippen LogP contribution in [-0.4, -0.2) is 34.0 Å². The molecular formula is C28H32ClN3O3S. The Morgan fingerprint density at radius 3 is 2.36 bits per heavy atom. The first kappa shape index (κ1) is 26.0. The number of rotatable bonds is 8. The molecule has 1 aliphatic rings. The molecule has 36 heavy (non-hydrogen) atoms. The Morgan fingerprint density at radius 2 is 1.72 bits per heavy atom. The van der Waals surface area contributed by atoms with Gasteiger partial charge in [0, 0.05) is 23.8 Å². The van der Waals surface area contributed by atoms with Gasteiger partial charge in [-0.1, -0.05) is 48.9 Å². The average molecular weight is 526 g/mol. The molecule has 8 heteroatoms. The number of carbonyl (C=O) groups excluding carboxylic acids is 1. The molecule has 0 bridgehead atoms. The molecule has 0 saturated carbocycles. The summed E-state index contributed by atoms with van der Waals surface area (Å²) in [5.41, 5.74) is 2.56. The number of anilines is 2. The number of nitrogens with zero attached hydrogens (tertiary/aromatic N) is 2. The van der Waals surface area contributed by atoms with Crippen molar-refractivity contribution in [2.45, 2.75) is 37.6 Å². The number of amides is 1. The fraction of sp³-hybridized carbons (Fsp3) is 0.321. The van der Waals surface area contributed by atoms with E-state index in [0.717, 1.165) is 23.0 Å². The summed E-state index contributed by atoms with van der Waals surface area (Å²) >= 11 is 5.94. The molecule has 3 aromatic carbocycles. The van der Waals surface area contributed by atoms with Gasteiger partial charge in [-0.3, -0.25) is 9.10 Å². The van der Waals surface area contributed by atoms with Crippen LogP contribution < -0.4 is 14.5 Å². The van der Waals surface area contributed by atoms with Crippen LogP contribution >= 0.6 is 11.6 Å². The SMILES string of the molecule is CC1CCCN(c2ccc(C(C)NC(=O)CN(c3ccccc3)S(=O)(=O)c3ccc(Cl)cc3)cc2)C1. The summed E-state index contributed by atoms with van der Waals surface area (Å²) in [6.07, 6.45) is 2.47. The number of para-hydroxylation sites is 1. The largest absolute Gasteiger partial charge is 0.371 e. The van der Waals surface area contributed by atoms with Crippen LogP contribution in [0.2, 0.25) is 5.02 Å². The molecule has 4 rings (SSSR count). The van der Waals surface area contributed by atoms with E-state index in [1.165, 1.54) is 42.8 Å². The molecule has 2 unspecified atom stereocenters. The van der Waals surface area contributed by atoms with Crippen molar-refractivity contribution in [3.05, 3.63) is 89.4 Å². The predicted molar refractivity (Wildman–Crippen MR) is 146 cm³/mol. The summed E-state index contributed by atoms with van der Waals surface area (Å²) in [7, 11) is -3.98. The fourth-order valence-electron chi connectivity index (χ4n) is 4.54. The van der Waals surface area contributed by atoms with Crippen LogP contribution in [0.4, 0.5) is 11.4 Å². The van der Waals surface area contributed by atoms with Crippen molar-refractivity contribution in [2.24, 2.45) is 5.92 Å². The molecule has 1 fully saturated rings. The Morgan fingerprint density at radius 1 is 1.06 bits per heavy atom. The summed E-state index contributed by atoms with van der Waals surface area (Å²) in [6.45, 7) is 5.96. The van der Waals surface area contributed by atoms with Gasteiger partial charge in [0.1, 0.15) is 6.54 Å². The Hall–Kier alpha value is -3.03. The van der Waals surface area contributed by atoms with E-state index in [1.54, 1.807) is 30.3 Å². The molecule has 3 aromatic rings. The number of benzene rings is 3. The third kappa shape index (κ3) is 6.20. The molecule has 1 heterocycles. The Balaban J connectivity index is 1.48. The van der Waals surface area contributed by atoms with Gasteiger partial charge < -0.3 is 10.2 Å². The van der Waals surface area contributed by atoms with E-state index < -0.39 is 15.9 Å². The van der Waals surface area contributed by atoms with Crippen LogP contribution in [0.3, 0.4) is 0 Å². The van der Waals surface area contributed by atoms with Gasteiger partial charge in [-0.05, 0) is 79.8 Å². The molecule has 1 aliphatic heterocycles. The minimum atomic E-state index is -3.98. The third-order valence-corrected chi connectivity index (χ3v) is 8.57. The molecule has 0 spiro atoms. The van der Waals surface area contributed by atoms with Crippen molar-refractivity contribution < 1.29 is 13.2 Å². The smallest absolute Gasteiger partial charge is 0.264 e. The predicted octanol–water partition coefficient (Wildman–Crippen LogP) is 5.65. The van der Waals surface area contributed by atoms with Crippen molar-refractivity contribution in [3.63, 3.8) is 0 Å². The molecule has 0 aromatic heterocycles. The lowest BCUT2D eigenvalue weighted by atomic mass is 9.99. The van der Waals surface area contributed by atoms with Crippen molar-refractivity contribution in [1.82, 2.24) is 5.32 Å². The van der Waals surface area contributed by atoms with Crippen molar-refractivity contribution in [1.29, 1.82) is 0 Å². The van der Waals surface area contributed by atoms with Gasteiger partial charge in [0.25, 0.3) is 10.0 Å². The second kappa shape index (κ2) is 11.4. The van der Waals surface area contributed by atoms with Gasteiger partial charge >= 0.3 is 0 Å². The molecule has 0 aliphatic carbocycles. The number of piperidine rings is 1. The molecule has 6 nitrogen and oxygen atoms in total. The number of carbonyl (C=O) groups is 1. The summed E-state index contributed by atoms with van der Waals surface area (Å²) in [5, 5.41) is 3.39. The summed E-state index contributed by atoms with van der Waals surface area (Å²) < 4.78 is 28.0. The highest BCUT2D eigenvalue weighted by Gasteiger charge is 2.27. The monoisotopic (exact) mass is 525 g/mol. The summed E-state index contributed by atoms with van der Waals surface area (Å²) in [4.78, 5) is 15.5. The number of nitrogens with one attached hydrogen (secondary N) is 1. The first-order valence-corrected chi connectivity index (χ1v) is 14.0. The zero-order chi connectivity index (χ0) is 25.7. The highest BCUT2D eigenvalue weighted by Crippen LogP contribution is 2.26. The van der Waals surface area contributed by atoms with Crippen LogP contribution in [0.25, 0.3) is 0 Å². The van der Waals surface area contributed by atoms with E-state index in [1.807, 2.05) is 19.1 Å². The summed E-state index contributed by atoms with van der Waals surface area (Å²) in [6, 6.07) is 22.5. The number of sulfonamides is 1. The van der Waals surface area contributed by atoms with Crippen molar-refractivity contribution >= 4 is 38.9 Å². The van der Waals surface area contributed by atoms with Gasteiger partial charge in [0.15, 0.2) is 0 Å². The summed E-state index contributed by atoms with van der Waals surface area (Å²) in [5.74, 6) is 0.297. The lowest BCUT2D eigenvalue weighted by molar-refractivity contribution is -0.120. The Labute approximate surface area is 218 Å². The molecule has 1 amide bonds. The van der Waals surface area contributed by atoms with Gasteiger partial charge in [-0.15, -0.1) is 0 Å². The minimum Gasteiger partial charge on any atom is -0.371 e. The van der Waals surface area contributed by atoms with E-state index in [-0.39, 0.29) is 17.5 Å². The van der Waals surface area contributed by atoms with E-state index in [4.69, 9.17) is 11.6 Å². The molecule has 1 N–H and O–H groups in total. The van der Waals surface area contributed by atoms with Gasteiger partial charge in [-0.25, -0.2) is 8.42 Å². The van der Waals surface area contributed by atoms with E-state index in [2.05, 4.69) is 29.3 Å². The first-order chi connectivity index (χ1) is 17.2. The van der Waals surface area contributed by atoms with Crippen molar-refractivity contribution in [3.8, 4) is 0 Å². The lowest BCUT2D eigenvalue weighted by Gasteiger charge is -2.33. The maximum atomic E-state index is 13.4. The molecule has 190 valence electrons. The highest BCUT2D eigenvalue weighted by atomic mass is 35.5. The van der Waals surface area contributed by atoms with Crippen LogP contribution in [0.1, 0.15) is 38.3 Å². The van der Waals surface area contributed by atoms with E-state index in [9.17, 15) is 13.2 Å². The topological polar surface area (TPSA) is 69.7 Å². The van der Waals surface area contributed by atoms with Crippen LogP contribution in [0.5, 0.6) is 0 Å². The average Bonchev–Trinajstić information content (AvgIpc) is 2.88. The normalized spacial score (nSPS) is 16.9. The first-order valence-electron chi connectivity index (χ1n) is 12.2. The van der Waals surface area contributed by atoms with E-state index in [0.29, 0.717) is 16.6 Å². The zero-order valence-electron chi connectivity index (χ0n) is 20.6. The fourth-order valence-corrected chi connectivity index (χ4v) is 6.09. The maximum absolute atomic E-state index is 13.4. The third-order valence-electron chi connectivity index (χ3n) is 6.53. The Kier molecular flexibility index (Phi) is 8.21. The standard InChI is InChI=1S/C28H32ClN3O3S/c1-21-7-6-18-31(19-21)25-14-10-23(11-15-25)22(2)30-28(33)20-32(26-8-4-3-5-9-26)36(34,35)27-16-12-24(29)13-17-27/h3-5,8-17,21-22H,6-7,18-20H2,1-2H3,(H,30,33). The van der Waals surface area contributed by atoms with Gasteiger partial charge in [0.05, 0.1) is 16.6 Å².